The summed E-state index contributed by atoms with van der Waals surface area (Å²) < 4.78 is 0. The molecular formula is C18H33N5O6. The lowest BCUT2D eigenvalue weighted by atomic mass is 9.96. The van der Waals surface area contributed by atoms with Crippen LogP contribution in [0.5, 0.6) is 0 Å². The third kappa shape index (κ3) is 6.38. The van der Waals surface area contributed by atoms with Crippen molar-refractivity contribution in [3.63, 3.8) is 0 Å². The molecule has 11 nitrogen and oxygen atoms in total. The van der Waals surface area contributed by atoms with Crippen molar-refractivity contribution in [3.05, 3.63) is 0 Å². The number of hydrogen-bond donors (Lipinski definition) is 5. The monoisotopic (exact) mass is 415 g/mol. The largest absolute Gasteiger partial charge is 0.391 e. The summed E-state index contributed by atoms with van der Waals surface area (Å²) in [7, 11) is 0. The quantitative estimate of drug-likeness (QED) is 0.271. The first-order chi connectivity index (χ1) is 13.3. The van der Waals surface area contributed by atoms with Gasteiger partial charge in [0.25, 0.3) is 0 Å². The predicted octanol–water partition coefficient (Wildman–Crippen LogP) is -2.72. The molecule has 1 aliphatic rings. The molecule has 1 heterocycles. The minimum atomic E-state index is -1.28. The molecule has 29 heavy (non-hydrogen) atoms. The lowest BCUT2D eigenvalue weighted by Gasteiger charge is -2.40. The summed E-state index contributed by atoms with van der Waals surface area (Å²) in [5, 5.41) is 21.5. The van der Waals surface area contributed by atoms with Gasteiger partial charge in [-0.1, -0.05) is 0 Å². The second kappa shape index (κ2) is 9.99. The Hall–Kier alpha value is -2.24. The maximum absolute atomic E-state index is 12.7. The van der Waals surface area contributed by atoms with Crippen LogP contribution < -0.4 is 16.8 Å². The highest BCUT2D eigenvalue weighted by Crippen LogP contribution is 2.30. The topological polar surface area (TPSA) is 179 Å². The first kappa shape index (κ1) is 24.8. The molecule has 0 aliphatic carbocycles. The summed E-state index contributed by atoms with van der Waals surface area (Å²) in [6.45, 7) is 5.96. The standard InChI is InChI=1S/C18H33N5O6/c1-10(24)14(19)17(29)23-7-5-6-18(23,4)9-22(12(3)26)8-13(27)21-15(11(2)25)16(20)28/h10-11,14-15,24-25H,5-9,19H2,1-4H3,(H2,20,28)(H,21,27)/t10-,11-,14+,15+,18?/m1/s1. The van der Waals surface area contributed by atoms with E-state index in [2.05, 4.69) is 5.32 Å². The van der Waals surface area contributed by atoms with Gasteiger partial charge in [0.1, 0.15) is 12.1 Å². The van der Waals surface area contributed by atoms with Gasteiger partial charge in [0, 0.05) is 20.0 Å². The minimum Gasteiger partial charge on any atom is -0.391 e. The summed E-state index contributed by atoms with van der Waals surface area (Å²) in [6.07, 6.45) is -0.926. The number of carbonyl (C=O) groups excluding carboxylic acids is 4. The summed E-state index contributed by atoms with van der Waals surface area (Å²) >= 11 is 0. The number of rotatable bonds is 9. The smallest absolute Gasteiger partial charge is 0.242 e. The Morgan fingerprint density at radius 2 is 1.79 bits per heavy atom. The van der Waals surface area contributed by atoms with E-state index >= 15 is 0 Å². The number of primary amides is 1. The summed E-state index contributed by atoms with van der Waals surface area (Å²) in [6, 6.07) is -2.36. The van der Waals surface area contributed by atoms with E-state index in [0.717, 1.165) is 0 Å². The Labute approximate surface area is 170 Å². The molecule has 1 aliphatic heterocycles. The molecule has 5 atom stereocenters. The molecule has 1 saturated heterocycles. The van der Waals surface area contributed by atoms with Crippen LogP contribution in [0, 0.1) is 0 Å². The molecule has 166 valence electrons. The first-order valence-corrected chi connectivity index (χ1v) is 9.57. The molecule has 4 amide bonds. The van der Waals surface area contributed by atoms with Gasteiger partial charge in [-0.3, -0.25) is 19.2 Å². The molecule has 0 spiro atoms. The Morgan fingerprint density at radius 3 is 2.24 bits per heavy atom. The molecule has 11 heteroatoms. The van der Waals surface area contributed by atoms with E-state index in [-0.39, 0.29) is 13.1 Å². The number of nitrogens with two attached hydrogens (primary N) is 2. The second-order valence-electron chi connectivity index (χ2n) is 7.92. The van der Waals surface area contributed by atoms with Gasteiger partial charge in [-0.2, -0.15) is 0 Å². The van der Waals surface area contributed by atoms with Gasteiger partial charge in [-0.25, -0.2) is 0 Å². The second-order valence-corrected chi connectivity index (χ2v) is 7.92. The van der Waals surface area contributed by atoms with Gasteiger partial charge in [0.2, 0.25) is 23.6 Å². The van der Waals surface area contributed by atoms with Crippen LogP contribution in [-0.4, -0.2) is 93.1 Å². The van der Waals surface area contributed by atoms with E-state index in [9.17, 15) is 29.4 Å². The molecule has 0 saturated carbocycles. The fourth-order valence-corrected chi connectivity index (χ4v) is 3.46. The number of nitrogens with zero attached hydrogens (tertiary/aromatic N) is 2. The number of aliphatic hydroxyl groups is 2. The van der Waals surface area contributed by atoms with Crippen LogP contribution in [0.2, 0.25) is 0 Å². The van der Waals surface area contributed by atoms with Crippen molar-refractivity contribution >= 4 is 23.6 Å². The average Bonchev–Trinajstić information content (AvgIpc) is 2.98. The van der Waals surface area contributed by atoms with Crippen LogP contribution in [-0.2, 0) is 19.2 Å². The molecule has 0 aromatic heterocycles. The normalized spacial score (nSPS) is 23.1. The van der Waals surface area contributed by atoms with E-state index in [0.29, 0.717) is 19.4 Å². The molecule has 0 bridgehead atoms. The van der Waals surface area contributed by atoms with Crippen molar-refractivity contribution in [2.24, 2.45) is 11.5 Å². The lowest BCUT2D eigenvalue weighted by Crippen LogP contribution is -2.60. The molecule has 7 N–H and O–H groups in total. The average molecular weight is 415 g/mol. The van der Waals surface area contributed by atoms with Gasteiger partial charge in [0.05, 0.1) is 24.3 Å². The highest BCUT2D eigenvalue weighted by molar-refractivity contribution is 5.89. The zero-order valence-corrected chi connectivity index (χ0v) is 17.4. The van der Waals surface area contributed by atoms with E-state index < -0.39 is 53.5 Å². The SMILES string of the molecule is CC(=O)N(CC(=O)N[C@H](C(N)=O)[C@@H](C)O)CC1(C)CCCN1C(=O)[C@@H](N)[C@@H](C)O. The van der Waals surface area contributed by atoms with E-state index in [1.165, 1.54) is 25.7 Å². The first-order valence-electron chi connectivity index (χ1n) is 9.57. The van der Waals surface area contributed by atoms with Crippen molar-refractivity contribution in [1.82, 2.24) is 15.1 Å². The van der Waals surface area contributed by atoms with Crippen molar-refractivity contribution < 1.29 is 29.4 Å². The third-order valence-electron chi connectivity index (χ3n) is 5.24. The van der Waals surface area contributed by atoms with Crippen LogP contribution in [0.1, 0.15) is 40.5 Å². The molecule has 0 aromatic carbocycles. The van der Waals surface area contributed by atoms with Gasteiger partial charge in [-0.15, -0.1) is 0 Å². The zero-order valence-electron chi connectivity index (χ0n) is 17.4. The molecule has 0 radical (unpaired) electrons. The van der Waals surface area contributed by atoms with Crippen LogP contribution >= 0.6 is 0 Å². The van der Waals surface area contributed by atoms with Gasteiger partial charge in [0.15, 0.2) is 0 Å². The summed E-state index contributed by atoms with van der Waals surface area (Å²) in [5.41, 5.74) is 10.2. The van der Waals surface area contributed by atoms with Crippen LogP contribution in [0.25, 0.3) is 0 Å². The third-order valence-corrected chi connectivity index (χ3v) is 5.24. The molecule has 1 rings (SSSR count). The number of amides is 4. The number of likely N-dealkylation sites (tertiary alicyclic amines) is 1. The molecule has 1 fully saturated rings. The van der Waals surface area contributed by atoms with Crippen molar-refractivity contribution in [2.75, 3.05) is 19.6 Å². The van der Waals surface area contributed by atoms with Crippen LogP contribution in [0.15, 0.2) is 0 Å². The Morgan fingerprint density at radius 1 is 1.21 bits per heavy atom. The highest BCUT2D eigenvalue weighted by atomic mass is 16.3. The van der Waals surface area contributed by atoms with Crippen LogP contribution in [0.4, 0.5) is 0 Å². The maximum atomic E-state index is 12.7. The Bertz CT molecular complexity index is 640. The predicted molar refractivity (Wildman–Crippen MR) is 104 cm³/mol. The van der Waals surface area contributed by atoms with E-state index in [1.807, 2.05) is 0 Å². The van der Waals surface area contributed by atoms with Crippen LogP contribution in [0.3, 0.4) is 0 Å². The summed E-state index contributed by atoms with van der Waals surface area (Å²) in [5.74, 6) is -2.37. The molecular weight excluding hydrogens is 382 g/mol. The number of carbonyl (C=O) groups is 4. The number of nitrogens with one attached hydrogen (secondary N) is 1. The fraction of sp³-hybridized carbons (Fsp3) is 0.778. The molecule has 0 aromatic rings. The van der Waals surface area contributed by atoms with E-state index in [4.69, 9.17) is 11.5 Å². The lowest BCUT2D eigenvalue weighted by molar-refractivity contribution is -0.143. The van der Waals surface area contributed by atoms with Crippen molar-refractivity contribution in [3.8, 4) is 0 Å². The van der Waals surface area contributed by atoms with Crippen molar-refractivity contribution in [2.45, 2.75) is 70.4 Å². The van der Waals surface area contributed by atoms with Gasteiger partial charge < -0.3 is 36.8 Å². The van der Waals surface area contributed by atoms with Gasteiger partial charge in [-0.05, 0) is 33.6 Å². The summed E-state index contributed by atoms with van der Waals surface area (Å²) in [4.78, 5) is 51.2. The van der Waals surface area contributed by atoms with Crippen molar-refractivity contribution in [1.29, 1.82) is 0 Å². The fourth-order valence-electron chi connectivity index (χ4n) is 3.46. The number of hydrogen-bond acceptors (Lipinski definition) is 7. The molecule has 1 unspecified atom stereocenters. The number of aliphatic hydroxyl groups excluding tert-OH is 2. The maximum Gasteiger partial charge on any atom is 0.242 e. The van der Waals surface area contributed by atoms with Gasteiger partial charge >= 0.3 is 0 Å². The Balaban J connectivity index is 2.91. The Kier molecular flexibility index (Phi) is 8.54. The minimum absolute atomic E-state index is 0.0734. The zero-order chi connectivity index (χ0) is 22.5. The highest BCUT2D eigenvalue weighted by Gasteiger charge is 2.43. The van der Waals surface area contributed by atoms with E-state index in [1.54, 1.807) is 11.8 Å².